The molecule has 0 amide bonds. The summed E-state index contributed by atoms with van der Waals surface area (Å²) >= 11 is 0. The number of carboxylic acids is 1. The molecule has 0 saturated heterocycles. The molecule has 1 aliphatic heterocycles. The number of hydrogen-bond donors (Lipinski definition) is 3. The predicted octanol–water partition coefficient (Wildman–Crippen LogP) is 2.02. The summed E-state index contributed by atoms with van der Waals surface area (Å²) in [6.45, 7) is -0.420. The minimum atomic E-state index is -3.90. The summed E-state index contributed by atoms with van der Waals surface area (Å²) in [7, 11) is -3.90. The van der Waals surface area contributed by atoms with Crippen molar-refractivity contribution in [3.8, 4) is 5.75 Å². The van der Waals surface area contributed by atoms with Crippen molar-refractivity contribution >= 4 is 38.8 Å². The molecule has 0 unspecified atom stereocenters. The van der Waals surface area contributed by atoms with E-state index >= 15 is 0 Å². The highest BCUT2D eigenvalue weighted by atomic mass is 32.2. The van der Waals surface area contributed by atoms with Crippen molar-refractivity contribution in [2.75, 3.05) is 13.2 Å². The van der Waals surface area contributed by atoms with Gasteiger partial charge in [0.1, 0.15) is 16.2 Å². The number of carbonyl (C=O) groups is 1. The van der Waals surface area contributed by atoms with Gasteiger partial charge in [-0.2, -0.15) is 13.5 Å². The molecule has 0 bridgehead atoms. The molecule has 3 aromatic carbocycles. The number of fused-ring (bicyclic) bond motifs is 2. The Morgan fingerprint density at radius 1 is 1.13 bits per heavy atom. The van der Waals surface area contributed by atoms with E-state index in [0.29, 0.717) is 16.3 Å². The van der Waals surface area contributed by atoms with Gasteiger partial charge in [-0.25, -0.2) is 9.80 Å². The second kappa shape index (κ2) is 7.82. The van der Waals surface area contributed by atoms with E-state index in [1.54, 1.807) is 42.5 Å². The molecule has 0 fully saturated rings. The summed E-state index contributed by atoms with van der Waals surface area (Å²) in [5.74, 6) is -1.75. The molecule has 9 nitrogen and oxygen atoms in total. The van der Waals surface area contributed by atoms with Crippen LogP contribution in [0.5, 0.6) is 5.75 Å². The highest BCUT2D eigenvalue weighted by molar-refractivity contribution is 7.90. The second-order valence-corrected chi connectivity index (χ2v) is 8.26. The largest absolute Gasteiger partial charge is 0.506 e. The van der Waals surface area contributed by atoms with Crippen molar-refractivity contribution in [2.24, 2.45) is 9.50 Å². The molecule has 0 radical (unpaired) electrons. The molecule has 0 saturated carbocycles. The Hall–Kier alpha value is -3.76. The van der Waals surface area contributed by atoms with Gasteiger partial charge in [-0.3, -0.25) is 0 Å². The van der Waals surface area contributed by atoms with Gasteiger partial charge >= 0.3 is 5.97 Å². The number of benzene rings is 3. The zero-order valence-electron chi connectivity index (χ0n) is 16.0. The molecule has 0 aliphatic carbocycles. The number of rotatable bonds is 5. The van der Waals surface area contributed by atoms with Crippen LogP contribution in [0.1, 0.15) is 21.5 Å². The van der Waals surface area contributed by atoms with Crippen LogP contribution in [-0.2, 0) is 10.0 Å². The summed E-state index contributed by atoms with van der Waals surface area (Å²) in [5, 5.41) is 36.0. The van der Waals surface area contributed by atoms with E-state index in [9.17, 15) is 28.5 Å². The molecule has 0 aromatic heterocycles. The monoisotopic (exact) mass is 439 g/mol. The number of amidine groups is 1. The molecule has 3 N–H and O–H groups in total. The zero-order chi connectivity index (χ0) is 22.2. The third-order valence-corrected chi connectivity index (χ3v) is 6.11. The smallest absolute Gasteiger partial charge is 0.339 e. The molecule has 1 aliphatic rings. The van der Waals surface area contributed by atoms with Gasteiger partial charge in [0, 0.05) is 11.1 Å². The van der Waals surface area contributed by atoms with E-state index in [1.807, 2.05) is 0 Å². The number of nitrogens with zero attached hydrogens (tertiary/aromatic N) is 3. The number of aliphatic hydroxyl groups excluding tert-OH is 1. The summed E-state index contributed by atoms with van der Waals surface area (Å²) in [4.78, 5) is 11.6. The summed E-state index contributed by atoms with van der Waals surface area (Å²) in [6.07, 6.45) is 1.23. The maximum Gasteiger partial charge on any atom is 0.339 e. The molecule has 10 heteroatoms. The van der Waals surface area contributed by atoms with E-state index in [2.05, 4.69) is 9.50 Å². The number of aliphatic hydroxyl groups is 1. The first kappa shape index (κ1) is 20.5. The second-order valence-electron chi connectivity index (χ2n) is 6.69. The van der Waals surface area contributed by atoms with Crippen molar-refractivity contribution in [1.29, 1.82) is 0 Å². The fourth-order valence-corrected chi connectivity index (χ4v) is 4.58. The number of sulfonamides is 1. The van der Waals surface area contributed by atoms with Crippen LogP contribution in [0, 0.1) is 0 Å². The SMILES string of the molecule is O=C(O)c1cc2ccccc2c(/C=N/N(CCO)C2=NS(=O)(=O)c3ccccc32)c1O. The normalized spacial score (nSPS) is 14.5. The lowest BCUT2D eigenvalue weighted by molar-refractivity contribution is 0.0694. The Kier molecular flexibility index (Phi) is 5.17. The first-order valence-electron chi connectivity index (χ1n) is 9.18. The number of hydrogen-bond acceptors (Lipinski definition) is 7. The Bertz CT molecular complexity index is 1360. The van der Waals surface area contributed by atoms with Gasteiger partial charge in [-0.05, 0) is 29.0 Å². The average Bonchev–Trinajstić information content (AvgIpc) is 3.02. The van der Waals surface area contributed by atoms with E-state index < -0.39 is 21.7 Å². The lowest BCUT2D eigenvalue weighted by Gasteiger charge is -2.18. The summed E-state index contributed by atoms with van der Waals surface area (Å²) < 4.78 is 28.5. The average molecular weight is 439 g/mol. The van der Waals surface area contributed by atoms with Crippen molar-refractivity contribution in [3.05, 3.63) is 71.3 Å². The fourth-order valence-electron chi connectivity index (χ4n) is 3.37. The molecule has 3 aromatic rings. The van der Waals surface area contributed by atoms with Crippen LogP contribution in [-0.4, -0.2) is 59.9 Å². The summed E-state index contributed by atoms with van der Waals surface area (Å²) in [6, 6.07) is 14.5. The molecule has 1 heterocycles. The van der Waals surface area contributed by atoms with Gasteiger partial charge in [0.05, 0.1) is 19.4 Å². The molecule has 4 rings (SSSR count). The van der Waals surface area contributed by atoms with Crippen LogP contribution in [0.2, 0.25) is 0 Å². The molecular formula is C21H17N3O6S. The van der Waals surface area contributed by atoms with E-state index in [1.165, 1.54) is 23.4 Å². The Balaban J connectivity index is 1.84. The minimum Gasteiger partial charge on any atom is -0.506 e. The number of aromatic carboxylic acids is 1. The first-order valence-corrected chi connectivity index (χ1v) is 10.6. The molecular weight excluding hydrogens is 422 g/mol. The van der Waals surface area contributed by atoms with Crippen LogP contribution in [0.3, 0.4) is 0 Å². The molecule has 0 spiro atoms. The molecule has 0 atom stereocenters. The number of aromatic hydroxyl groups is 1. The van der Waals surface area contributed by atoms with E-state index in [4.69, 9.17) is 0 Å². The van der Waals surface area contributed by atoms with E-state index in [0.717, 1.165) is 0 Å². The van der Waals surface area contributed by atoms with Gasteiger partial charge in [-0.1, -0.05) is 36.4 Å². The summed E-state index contributed by atoms with van der Waals surface area (Å²) in [5.41, 5.74) is 0.189. The predicted molar refractivity (Wildman–Crippen MR) is 114 cm³/mol. The number of phenols is 1. The van der Waals surface area contributed by atoms with Crippen LogP contribution in [0.25, 0.3) is 10.8 Å². The van der Waals surface area contributed by atoms with Crippen LogP contribution in [0.4, 0.5) is 0 Å². The maximum atomic E-state index is 12.4. The van der Waals surface area contributed by atoms with Crippen LogP contribution < -0.4 is 0 Å². The number of carboxylic acid groups (broad SMARTS) is 1. The quantitative estimate of drug-likeness (QED) is 0.408. The van der Waals surface area contributed by atoms with Gasteiger partial charge in [0.25, 0.3) is 10.0 Å². The Morgan fingerprint density at radius 3 is 2.58 bits per heavy atom. The lowest BCUT2D eigenvalue weighted by Crippen LogP contribution is -2.29. The van der Waals surface area contributed by atoms with Gasteiger partial charge in [-0.15, -0.1) is 4.40 Å². The maximum absolute atomic E-state index is 12.4. The van der Waals surface area contributed by atoms with Crippen molar-refractivity contribution in [3.63, 3.8) is 0 Å². The Labute approximate surface area is 177 Å². The standard InChI is InChI=1S/C21H17N3O6S/c25-10-9-24(20-15-7-3-4-8-18(15)31(29,30)23-20)22-12-17-14-6-2-1-5-13(14)11-16(19(17)26)21(27)28/h1-8,11-12,25-26H,9-10H2,(H,27,28)/b22-12+. The van der Waals surface area contributed by atoms with Gasteiger partial charge in [0.2, 0.25) is 0 Å². The van der Waals surface area contributed by atoms with Crippen molar-refractivity contribution in [2.45, 2.75) is 4.90 Å². The topological polar surface area (TPSA) is 140 Å². The zero-order valence-corrected chi connectivity index (χ0v) is 16.8. The third-order valence-electron chi connectivity index (χ3n) is 4.79. The lowest BCUT2D eigenvalue weighted by atomic mass is 10.00. The minimum absolute atomic E-state index is 0.0269. The van der Waals surface area contributed by atoms with Crippen LogP contribution in [0.15, 0.2) is 69.0 Å². The highest BCUT2D eigenvalue weighted by Gasteiger charge is 2.31. The molecule has 158 valence electrons. The molecule has 31 heavy (non-hydrogen) atoms. The fraction of sp³-hybridized carbons (Fsp3) is 0.0952. The van der Waals surface area contributed by atoms with E-state index in [-0.39, 0.29) is 35.0 Å². The van der Waals surface area contributed by atoms with Crippen LogP contribution >= 0.6 is 0 Å². The third kappa shape index (κ3) is 3.62. The van der Waals surface area contributed by atoms with Gasteiger partial charge in [0.15, 0.2) is 5.84 Å². The highest BCUT2D eigenvalue weighted by Crippen LogP contribution is 2.31. The van der Waals surface area contributed by atoms with Crippen molar-refractivity contribution in [1.82, 2.24) is 5.01 Å². The number of hydrazone groups is 1. The Morgan fingerprint density at radius 2 is 1.84 bits per heavy atom. The van der Waals surface area contributed by atoms with Crippen molar-refractivity contribution < 1.29 is 28.5 Å². The first-order chi connectivity index (χ1) is 14.8. The van der Waals surface area contributed by atoms with Gasteiger partial charge < -0.3 is 15.3 Å².